The third-order valence-corrected chi connectivity index (χ3v) is 3.35. The Balaban J connectivity index is 2.41. The highest BCUT2D eigenvalue weighted by Crippen LogP contribution is 2.28. The van der Waals surface area contributed by atoms with Crippen molar-refractivity contribution in [1.82, 2.24) is 9.55 Å². The minimum absolute atomic E-state index is 0.0223. The molecule has 5 nitrogen and oxygen atoms in total. The van der Waals surface area contributed by atoms with Crippen LogP contribution in [0.1, 0.15) is 18.5 Å². The van der Waals surface area contributed by atoms with Crippen molar-refractivity contribution in [3.63, 3.8) is 0 Å². The maximum Gasteiger partial charge on any atom is 0.0952 e. The third kappa shape index (κ3) is 2.71. The molecule has 0 aliphatic carbocycles. The summed E-state index contributed by atoms with van der Waals surface area (Å²) in [6, 6.07) is 6.08. The zero-order chi connectivity index (χ0) is 13.8. The first-order chi connectivity index (χ1) is 9.17. The second-order valence-corrected chi connectivity index (χ2v) is 4.49. The molecule has 3 N–H and O–H groups in total. The highest BCUT2D eigenvalue weighted by molar-refractivity contribution is 5.67. The Hall–Kier alpha value is -2.01. The van der Waals surface area contributed by atoms with Crippen LogP contribution in [0.4, 0.5) is 11.4 Å². The number of ether oxygens (including phenoxy) is 1. The van der Waals surface area contributed by atoms with E-state index >= 15 is 0 Å². The molecular weight excluding hydrogens is 240 g/mol. The molecule has 0 aliphatic heterocycles. The number of anilines is 2. The van der Waals surface area contributed by atoms with Crippen LogP contribution in [-0.4, -0.2) is 29.8 Å². The number of hydrogen-bond donors (Lipinski definition) is 2. The van der Waals surface area contributed by atoms with Crippen molar-refractivity contribution in [2.75, 3.05) is 25.2 Å². The van der Waals surface area contributed by atoms with Crippen molar-refractivity contribution in [2.45, 2.75) is 19.1 Å². The summed E-state index contributed by atoms with van der Waals surface area (Å²) in [5.41, 5.74) is 8.80. The van der Waals surface area contributed by atoms with Crippen molar-refractivity contribution >= 4 is 11.4 Å². The minimum Gasteiger partial charge on any atom is -0.397 e. The predicted molar refractivity (Wildman–Crippen MR) is 77.2 cm³/mol. The zero-order valence-electron chi connectivity index (χ0n) is 11.5. The van der Waals surface area contributed by atoms with Crippen LogP contribution < -0.4 is 11.1 Å². The third-order valence-electron chi connectivity index (χ3n) is 3.35. The summed E-state index contributed by atoms with van der Waals surface area (Å²) < 4.78 is 7.51. The fourth-order valence-electron chi connectivity index (χ4n) is 2.24. The van der Waals surface area contributed by atoms with Gasteiger partial charge in [-0.25, -0.2) is 4.98 Å². The maximum atomic E-state index is 6.04. The quantitative estimate of drug-likeness (QED) is 0.808. The van der Waals surface area contributed by atoms with Crippen LogP contribution in [0.15, 0.2) is 36.9 Å². The van der Waals surface area contributed by atoms with Crippen LogP contribution >= 0.6 is 0 Å². The van der Waals surface area contributed by atoms with Crippen LogP contribution in [0.25, 0.3) is 0 Å². The molecule has 0 saturated carbocycles. The normalized spacial score (nSPS) is 14.1. The average Bonchev–Trinajstić information content (AvgIpc) is 2.93. The molecule has 1 aromatic carbocycles. The average molecular weight is 260 g/mol. The van der Waals surface area contributed by atoms with Gasteiger partial charge in [-0.2, -0.15) is 0 Å². The van der Waals surface area contributed by atoms with Gasteiger partial charge >= 0.3 is 0 Å². The summed E-state index contributed by atoms with van der Waals surface area (Å²) in [5, 5.41) is 3.06. The Morgan fingerprint density at radius 2 is 2.21 bits per heavy atom. The fourth-order valence-corrected chi connectivity index (χ4v) is 2.24. The lowest BCUT2D eigenvalue weighted by atomic mass is 10.0. The number of hydrogen-bond acceptors (Lipinski definition) is 4. The van der Waals surface area contributed by atoms with Gasteiger partial charge in [0.2, 0.25) is 0 Å². The van der Waals surface area contributed by atoms with Crippen molar-refractivity contribution in [2.24, 2.45) is 0 Å². The molecule has 0 fully saturated rings. The maximum absolute atomic E-state index is 6.04. The first kappa shape index (κ1) is 13.4. The van der Waals surface area contributed by atoms with Crippen LogP contribution in [0.3, 0.4) is 0 Å². The monoisotopic (exact) mass is 260 g/mol. The number of benzene rings is 1. The molecule has 2 rings (SSSR count). The molecule has 2 atom stereocenters. The Kier molecular flexibility index (Phi) is 4.06. The van der Waals surface area contributed by atoms with Gasteiger partial charge in [-0.05, 0) is 24.6 Å². The molecule has 0 radical (unpaired) electrons. The van der Waals surface area contributed by atoms with E-state index < -0.39 is 0 Å². The summed E-state index contributed by atoms with van der Waals surface area (Å²) in [5.74, 6) is 0. The molecule has 2 aromatic rings. The lowest BCUT2D eigenvalue weighted by Gasteiger charge is -2.25. The molecule has 0 bridgehead atoms. The van der Waals surface area contributed by atoms with Gasteiger partial charge in [-0.3, -0.25) is 0 Å². The molecule has 102 valence electrons. The Labute approximate surface area is 113 Å². The number of rotatable bonds is 5. The van der Waals surface area contributed by atoms with Crippen molar-refractivity contribution in [3.8, 4) is 0 Å². The Morgan fingerprint density at radius 1 is 1.42 bits per heavy atom. The molecule has 2 unspecified atom stereocenters. The van der Waals surface area contributed by atoms with Crippen LogP contribution in [0.5, 0.6) is 0 Å². The SMILES string of the molecule is CNc1ccc(C(C(C)OC)n2ccnc2)cc1N. The molecule has 1 aromatic heterocycles. The molecule has 1 heterocycles. The second kappa shape index (κ2) is 5.75. The smallest absolute Gasteiger partial charge is 0.0952 e. The predicted octanol–water partition coefficient (Wildman–Crippen LogP) is 2.13. The van der Waals surface area contributed by atoms with Gasteiger partial charge in [-0.15, -0.1) is 0 Å². The highest BCUT2D eigenvalue weighted by Gasteiger charge is 2.21. The van der Waals surface area contributed by atoms with E-state index in [0.29, 0.717) is 0 Å². The summed E-state index contributed by atoms with van der Waals surface area (Å²) in [7, 11) is 3.57. The first-order valence-electron chi connectivity index (χ1n) is 6.24. The Morgan fingerprint density at radius 3 is 2.74 bits per heavy atom. The van der Waals surface area contributed by atoms with Gasteiger partial charge in [0.05, 0.1) is 29.8 Å². The number of nitrogens with two attached hydrogens (primary N) is 1. The van der Waals surface area contributed by atoms with Crippen LogP contribution in [0, 0.1) is 0 Å². The van der Waals surface area contributed by atoms with Gasteiger partial charge in [0.1, 0.15) is 0 Å². The van der Waals surface area contributed by atoms with E-state index in [1.54, 1.807) is 19.6 Å². The zero-order valence-corrected chi connectivity index (χ0v) is 11.5. The largest absolute Gasteiger partial charge is 0.397 e. The van der Waals surface area contributed by atoms with E-state index in [1.807, 2.05) is 36.9 Å². The number of methoxy groups -OCH3 is 1. The number of nitrogens with zero attached hydrogens (tertiary/aromatic N) is 2. The molecule has 0 spiro atoms. The highest BCUT2D eigenvalue weighted by atomic mass is 16.5. The van der Waals surface area contributed by atoms with Gasteiger partial charge in [-0.1, -0.05) is 6.07 Å². The van der Waals surface area contributed by atoms with Crippen molar-refractivity contribution < 1.29 is 4.74 Å². The molecule has 5 heteroatoms. The summed E-state index contributed by atoms with van der Waals surface area (Å²) in [6.07, 6.45) is 5.51. The summed E-state index contributed by atoms with van der Waals surface area (Å²) in [4.78, 5) is 4.11. The van der Waals surface area contributed by atoms with Crippen molar-refractivity contribution in [3.05, 3.63) is 42.5 Å². The molecule has 0 amide bonds. The number of nitrogen functional groups attached to an aromatic ring is 1. The lowest BCUT2D eigenvalue weighted by Crippen LogP contribution is -2.23. The Bertz CT molecular complexity index is 524. The minimum atomic E-state index is 0.0223. The van der Waals surface area contributed by atoms with Gasteiger partial charge < -0.3 is 20.4 Å². The summed E-state index contributed by atoms with van der Waals surface area (Å²) in [6.45, 7) is 2.03. The van der Waals surface area contributed by atoms with Gasteiger partial charge in [0, 0.05) is 26.6 Å². The molecule has 0 saturated heterocycles. The fraction of sp³-hybridized carbons (Fsp3) is 0.357. The van der Waals surface area contributed by atoms with Gasteiger partial charge in [0.15, 0.2) is 0 Å². The van der Waals surface area contributed by atoms with E-state index in [0.717, 1.165) is 16.9 Å². The first-order valence-corrected chi connectivity index (χ1v) is 6.24. The van der Waals surface area contributed by atoms with Crippen LogP contribution in [0.2, 0.25) is 0 Å². The van der Waals surface area contributed by atoms with Gasteiger partial charge in [0.25, 0.3) is 0 Å². The second-order valence-electron chi connectivity index (χ2n) is 4.49. The van der Waals surface area contributed by atoms with E-state index in [2.05, 4.69) is 16.4 Å². The summed E-state index contributed by atoms with van der Waals surface area (Å²) >= 11 is 0. The molecule has 0 aliphatic rings. The van der Waals surface area contributed by atoms with Crippen molar-refractivity contribution in [1.29, 1.82) is 0 Å². The van der Waals surface area contributed by atoms with Crippen LogP contribution in [-0.2, 0) is 4.74 Å². The molecule has 19 heavy (non-hydrogen) atoms. The standard InChI is InChI=1S/C14H20N4O/c1-10(19-3)14(18-7-6-17-9-18)11-4-5-13(16-2)12(15)8-11/h4-10,14,16H,15H2,1-3H3. The number of imidazole rings is 1. The van der Waals surface area contributed by atoms with E-state index in [4.69, 9.17) is 10.5 Å². The van der Waals surface area contributed by atoms with E-state index in [9.17, 15) is 0 Å². The van der Waals surface area contributed by atoms with E-state index in [1.165, 1.54) is 0 Å². The van der Waals surface area contributed by atoms with E-state index in [-0.39, 0.29) is 12.1 Å². The number of nitrogens with one attached hydrogen (secondary N) is 1. The number of aromatic nitrogens is 2. The topological polar surface area (TPSA) is 65.1 Å². The molecular formula is C14H20N4O. The lowest BCUT2D eigenvalue weighted by molar-refractivity contribution is 0.0848.